The number of unbranched alkanes of at least 4 members (excludes halogenated alkanes) is 2. The average molecular weight is 142 g/mol. The first-order valence-electron chi connectivity index (χ1n) is 3.46. The number of rotatable bonds is 5. The largest absolute Gasteiger partial charge is 0.370 e. The Hall–Kier alpha value is -0.860. The fraction of sp³-hybridized carbons (Fsp3) is 0.714. The summed E-state index contributed by atoms with van der Waals surface area (Å²) in [6.45, 7) is 0. The number of hydrogen-bond acceptors (Lipinski definition) is 2. The molecule has 0 atom stereocenters. The summed E-state index contributed by atoms with van der Waals surface area (Å²) in [4.78, 5) is 14.0. The molecule has 0 saturated carbocycles. The van der Waals surface area contributed by atoms with Crippen molar-refractivity contribution in [2.24, 2.45) is 10.7 Å². The average Bonchev–Trinajstić information content (AvgIpc) is 1.87. The molecule has 0 spiro atoms. The van der Waals surface area contributed by atoms with Crippen LogP contribution in [0.2, 0.25) is 0 Å². The third kappa shape index (κ3) is 7.14. The van der Waals surface area contributed by atoms with Gasteiger partial charge < -0.3 is 10.7 Å². The Bertz CT molecular complexity index is 121. The summed E-state index contributed by atoms with van der Waals surface area (Å²) in [5.74, 6) is -0.214. The van der Waals surface area contributed by atoms with Crippen molar-refractivity contribution in [2.45, 2.75) is 25.7 Å². The highest BCUT2D eigenvalue weighted by atomic mass is 16.1. The van der Waals surface area contributed by atoms with Crippen LogP contribution in [0.1, 0.15) is 25.7 Å². The van der Waals surface area contributed by atoms with Crippen LogP contribution in [0.25, 0.3) is 0 Å². The van der Waals surface area contributed by atoms with Gasteiger partial charge in [-0.15, -0.1) is 0 Å². The van der Waals surface area contributed by atoms with Gasteiger partial charge in [-0.3, -0.25) is 4.79 Å². The van der Waals surface area contributed by atoms with E-state index in [9.17, 15) is 4.79 Å². The number of aliphatic imine (C=N–C) groups is 1. The van der Waals surface area contributed by atoms with Crippen molar-refractivity contribution >= 4 is 12.1 Å². The summed E-state index contributed by atoms with van der Waals surface area (Å²) >= 11 is 0. The SMILES string of the molecule is CN=CCCCCC(N)=O. The van der Waals surface area contributed by atoms with Crippen molar-refractivity contribution in [3.05, 3.63) is 0 Å². The molecule has 2 N–H and O–H groups in total. The molecular weight excluding hydrogens is 128 g/mol. The quantitative estimate of drug-likeness (QED) is 0.446. The predicted molar refractivity (Wildman–Crippen MR) is 42.1 cm³/mol. The second-order valence-electron chi connectivity index (χ2n) is 2.15. The molecule has 0 saturated heterocycles. The van der Waals surface area contributed by atoms with Gasteiger partial charge in [0.2, 0.25) is 5.91 Å². The van der Waals surface area contributed by atoms with Crippen LogP contribution < -0.4 is 5.73 Å². The van der Waals surface area contributed by atoms with Gasteiger partial charge >= 0.3 is 0 Å². The van der Waals surface area contributed by atoms with Gasteiger partial charge in [0, 0.05) is 13.5 Å². The molecule has 3 heteroatoms. The molecule has 1 amide bonds. The number of primary amides is 1. The monoisotopic (exact) mass is 142 g/mol. The van der Waals surface area contributed by atoms with Crippen LogP contribution in [-0.2, 0) is 4.79 Å². The third-order valence-corrected chi connectivity index (χ3v) is 1.19. The number of carbonyl (C=O) groups excluding carboxylic acids is 1. The van der Waals surface area contributed by atoms with Crippen molar-refractivity contribution in [1.29, 1.82) is 0 Å². The number of amides is 1. The molecule has 0 aromatic heterocycles. The van der Waals surface area contributed by atoms with E-state index in [2.05, 4.69) is 4.99 Å². The standard InChI is InChI=1S/C7H14N2O/c1-9-6-4-2-3-5-7(8)10/h6H,2-5H2,1H3,(H2,8,10). The smallest absolute Gasteiger partial charge is 0.217 e. The summed E-state index contributed by atoms with van der Waals surface area (Å²) < 4.78 is 0. The third-order valence-electron chi connectivity index (χ3n) is 1.19. The Labute approximate surface area is 61.3 Å². The van der Waals surface area contributed by atoms with E-state index in [4.69, 9.17) is 5.73 Å². The normalized spacial score (nSPS) is 10.5. The molecule has 0 aliphatic rings. The van der Waals surface area contributed by atoms with Crippen LogP contribution >= 0.6 is 0 Å². The minimum atomic E-state index is -0.214. The van der Waals surface area contributed by atoms with Crippen LogP contribution in [0.15, 0.2) is 4.99 Å². The lowest BCUT2D eigenvalue weighted by Gasteiger charge is -1.91. The minimum absolute atomic E-state index is 0.214. The summed E-state index contributed by atoms with van der Waals surface area (Å²) in [6.07, 6.45) is 5.17. The van der Waals surface area contributed by atoms with E-state index in [0.29, 0.717) is 6.42 Å². The molecule has 58 valence electrons. The van der Waals surface area contributed by atoms with Gasteiger partial charge in [0.1, 0.15) is 0 Å². The van der Waals surface area contributed by atoms with Crippen LogP contribution in [0.5, 0.6) is 0 Å². The Morgan fingerprint density at radius 3 is 2.80 bits per heavy atom. The minimum Gasteiger partial charge on any atom is -0.370 e. The Morgan fingerprint density at radius 2 is 2.30 bits per heavy atom. The first-order valence-corrected chi connectivity index (χ1v) is 3.46. The van der Waals surface area contributed by atoms with E-state index in [0.717, 1.165) is 19.3 Å². The van der Waals surface area contributed by atoms with Crippen molar-refractivity contribution in [3.63, 3.8) is 0 Å². The van der Waals surface area contributed by atoms with E-state index in [-0.39, 0.29) is 5.91 Å². The van der Waals surface area contributed by atoms with E-state index in [1.165, 1.54) is 0 Å². The number of carbonyl (C=O) groups is 1. The summed E-state index contributed by atoms with van der Waals surface area (Å²) in [5, 5.41) is 0. The molecule has 0 aromatic rings. The van der Waals surface area contributed by atoms with E-state index >= 15 is 0 Å². The zero-order chi connectivity index (χ0) is 7.82. The first-order chi connectivity index (χ1) is 4.77. The first kappa shape index (κ1) is 9.14. The topological polar surface area (TPSA) is 55.4 Å². The van der Waals surface area contributed by atoms with Crippen molar-refractivity contribution < 1.29 is 4.79 Å². The molecule has 0 heterocycles. The summed E-state index contributed by atoms with van der Waals surface area (Å²) in [5.41, 5.74) is 4.93. The molecule has 0 rings (SSSR count). The van der Waals surface area contributed by atoms with Gasteiger partial charge in [-0.2, -0.15) is 0 Å². The Balaban J connectivity index is 2.98. The number of hydrogen-bond donors (Lipinski definition) is 1. The molecule has 0 radical (unpaired) electrons. The Morgan fingerprint density at radius 1 is 1.60 bits per heavy atom. The lowest BCUT2D eigenvalue weighted by molar-refractivity contribution is -0.118. The van der Waals surface area contributed by atoms with Gasteiger partial charge in [-0.1, -0.05) is 0 Å². The van der Waals surface area contributed by atoms with Crippen molar-refractivity contribution in [2.75, 3.05) is 7.05 Å². The molecule has 0 aliphatic heterocycles. The zero-order valence-electron chi connectivity index (χ0n) is 6.34. The maximum atomic E-state index is 10.2. The second-order valence-corrected chi connectivity index (χ2v) is 2.15. The molecule has 10 heavy (non-hydrogen) atoms. The fourth-order valence-corrected chi connectivity index (χ4v) is 0.664. The fourth-order valence-electron chi connectivity index (χ4n) is 0.664. The lowest BCUT2D eigenvalue weighted by atomic mass is 10.2. The maximum Gasteiger partial charge on any atom is 0.217 e. The predicted octanol–water partition coefficient (Wildman–Crippen LogP) is 0.733. The highest BCUT2D eigenvalue weighted by molar-refractivity contribution is 5.73. The molecule has 0 aromatic carbocycles. The highest BCUT2D eigenvalue weighted by Crippen LogP contribution is 1.96. The van der Waals surface area contributed by atoms with E-state index < -0.39 is 0 Å². The van der Waals surface area contributed by atoms with E-state index in [1.54, 1.807) is 7.05 Å². The molecule has 0 aliphatic carbocycles. The summed E-state index contributed by atoms with van der Waals surface area (Å²) in [7, 11) is 1.74. The molecular formula is C7H14N2O. The van der Waals surface area contributed by atoms with Gasteiger partial charge in [-0.05, 0) is 25.5 Å². The molecule has 0 unspecified atom stereocenters. The van der Waals surface area contributed by atoms with Gasteiger partial charge in [0.15, 0.2) is 0 Å². The van der Waals surface area contributed by atoms with Crippen LogP contribution in [-0.4, -0.2) is 19.2 Å². The van der Waals surface area contributed by atoms with Gasteiger partial charge in [-0.25, -0.2) is 0 Å². The van der Waals surface area contributed by atoms with Gasteiger partial charge in [0.25, 0.3) is 0 Å². The van der Waals surface area contributed by atoms with Crippen molar-refractivity contribution in [1.82, 2.24) is 0 Å². The second kappa shape index (κ2) is 6.26. The Kier molecular flexibility index (Phi) is 5.72. The van der Waals surface area contributed by atoms with Crippen molar-refractivity contribution in [3.8, 4) is 0 Å². The molecule has 3 nitrogen and oxygen atoms in total. The van der Waals surface area contributed by atoms with Crippen LogP contribution in [0, 0.1) is 0 Å². The lowest BCUT2D eigenvalue weighted by Crippen LogP contribution is -2.09. The molecule has 0 fully saturated rings. The van der Waals surface area contributed by atoms with Crippen LogP contribution in [0.3, 0.4) is 0 Å². The van der Waals surface area contributed by atoms with Crippen LogP contribution in [0.4, 0.5) is 0 Å². The molecule has 0 bridgehead atoms. The maximum absolute atomic E-state index is 10.2. The van der Waals surface area contributed by atoms with E-state index in [1.807, 2.05) is 6.21 Å². The number of nitrogens with zero attached hydrogens (tertiary/aromatic N) is 1. The number of nitrogens with two attached hydrogens (primary N) is 1. The highest BCUT2D eigenvalue weighted by Gasteiger charge is 1.91. The zero-order valence-corrected chi connectivity index (χ0v) is 6.34. The van der Waals surface area contributed by atoms with Gasteiger partial charge in [0.05, 0.1) is 0 Å². The summed E-state index contributed by atoms with van der Waals surface area (Å²) in [6, 6.07) is 0.